The van der Waals surface area contributed by atoms with E-state index in [0.717, 1.165) is 46.3 Å². The van der Waals surface area contributed by atoms with Gasteiger partial charge < -0.3 is 24.5 Å². The molecule has 1 saturated heterocycles. The van der Waals surface area contributed by atoms with Gasteiger partial charge >= 0.3 is 0 Å². The predicted octanol–water partition coefficient (Wildman–Crippen LogP) is 9.10. The van der Waals surface area contributed by atoms with E-state index in [2.05, 4.69) is 36.7 Å². The van der Waals surface area contributed by atoms with Crippen LogP contribution in [0.4, 0.5) is 11.5 Å². The zero-order valence-corrected chi connectivity index (χ0v) is 29.7. The number of H-pyrrole nitrogens is 1. The van der Waals surface area contributed by atoms with Crippen molar-refractivity contribution >= 4 is 51.5 Å². The van der Waals surface area contributed by atoms with Crippen LogP contribution >= 0.6 is 23.2 Å². The molecular formula is C40H34Cl2N8O2. The van der Waals surface area contributed by atoms with Crippen LogP contribution in [-0.2, 0) is 0 Å². The van der Waals surface area contributed by atoms with Gasteiger partial charge in [-0.2, -0.15) is 0 Å². The Balaban J connectivity index is 1.17. The topological polar surface area (TPSA) is 114 Å². The average molecular weight is 730 g/mol. The lowest BCUT2D eigenvalue weighted by Crippen LogP contribution is -2.39. The van der Waals surface area contributed by atoms with Crippen molar-refractivity contribution in [3.63, 3.8) is 0 Å². The maximum Gasteiger partial charge on any atom is 0.272 e. The standard InChI is InChI=1S/C40H34Cl2N8O2/c1-25(26-9-11-28(41)12-10-26)50-24-46-36(27-6-3-2-4-7-27)38(50)35-31-14-13-29(42)22-33(31)47-37(35)40(51)48-32-8-5-17-45-39(32)49-20-15-30(16-21-49)52-34-23-43-18-19-44-34/h2-14,17-19,22-25,30,47H,15-16,20-21H2,1H3,(H,48,51)/t25-/m0/s1. The van der Waals surface area contributed by atoms with Gasteiger partial charge in [0.15, 0.2) is 5.82 Å². The third kappa shape index (κ3) is 6.70. The average Bonchev–Trinajstić information content (AvgIpc) is 3.78. The molecule has 1 amide bonds. The second kappa shape index (κ2) is 14.5. The van der Waals surface area contributed by atoms with Crippen molar-refractivity contribution in [3.05, 3.63) is 137 Å². The first-order chi connectivity index (χ1) is 25.4. The molecule has 5 heterocycles. The molecule has 0 saturated carbocycles. The van der Waals surface area contributed by atoms with Crippen molar-refractivity contribution in [3.8, 4) is 28.4 Å². The number of nitrogens with zero attached hydrogens (tertiary/aromatic N) is 6. The molecule has 1 fully saturated rings. The van der Waals surface area contributed by atoms with Crippen LogP contribution in [0.2, 0.25) is 10.0 Å². The lowest BCUT2D eigenvalue weighted by Gasteiger charge is -2.33. The highest BCUT2D eigenvalue weighted by Gasteiger charge is 2.29. The van der Waals surface area contributed by atoms with Crippen molar-refractivity contribution in [1.82, 2.24) is 29.5 Å². The van der Waals surface area contributed by atoms with Crippen molar-refractivity contribution in [2.24, 2.45) is 0 Å². The van der Waals surface area contributed by atoms with Gasteiger partial charge in [-0.15, -0.1) is 0 Å². The number of hydrogen-bond donors (Lipinski definition) is 2. The van der Waals surface area contributed by atoms with E-state index in [1.165, 1.54) is 0 Å². The highest BCUT2D eigenvalue weighted by Crippen LogP contribution is 2.42. The summed E-state index contributed by atoms with van der Waals surface area (Å²) in [6, 6.07) is 27.0. The van der Waals surface area contributed by atoms with Gasteiger partial charge in [0.05, 0.1) is 35.6 Å². The van der Waals surface area contributed by atoms with Gasteiger partial charge in [-0.25, -0.2) is 15.0 Å². The Kier molecular flexibility index (Phi) is 9.32. The number of piperidine rings is 1. The fraction of sp³-hybridized carbons (Fsp3) is 0.175. The molecule has 1 aliphatic rings. The monoisotopic (exact) mass is 728 g/mol. The Morgan fingerprint density at radius 3 is 2.46 bits per heavy atom. The van der Waals surface area contributed by atoms with Gasteiger partial charge in [-0.05, 0) is 48.9 Å². The molecule has 3 aromatic carbocycles. The highest BCUT2D eigenvalue weighted by atomic mass is 35.5. The summed E-state index contributed by atoms with van der Waals surface area (Å²) in [5.41, 5.74) is 5.95. The number of halogens is 2. The number of carbonyl (C=O) groups is 1. The number of benzene rings is 3. The number of carbonyl (C=O) groups excluding carboxylic acids is 1. The number of anilines is 2. The first kappa shape index (κ1) is 33.4. The molecule has 0 aliphatic carbocycles. The number of aromatic nitrogens is 6. The van der Waals surface area contributed by atoms with Crippen molar-refractivity contribution < 1.29 is 9.53 Å². The molecule has 52 heavy (non-hydrogen) atoms. The van der Waals surface area contributed by atoms with Crippen LogP contribution in [0.5, 0.6) is 5.88 Å². The zero-order chi connectivity index (χ0) is 35.6. The Morgan fingerprint density at radius 2 is 1.69 bits per heavy atom. The van der Waals surface area contributed by atoms with Crippen LogP contribution in [0.1, 0.15) is 41.9 Å². The lowest BCUT2D eigenvalue weighted by molar-refractivity contribution is 0.102. The van der Waals surface area contributed by atoms with Gasteiger partial charge in [0.2, 0.25) is 5.88 Å². The molecule has 8 rings (SSSR count). The Bertz CT molecular complexity index is 2340. The molecule has 0 spiro atoms. The summed E-state index contributed by atoms with van der Waals surface area (Å²) in [6.45, 7) is 3.50. The van der Waals surface area contributed by atoms with Crippen molar-refractivity contribution in [2.45, 2.75) is 31.9 Å². The first-order valence-electron chi connectivity index (χ1n) is 17.1. The van der Waals surface area contributed by atoms with E-state index in [1.807, 2.05) is 91.3 Å². The number of fused-ring (bicyclic) bond motifs is 1. The number of nitrogens with one attached hydrogen (secondary N) is 2. The fourth-order valence-electron chi connectivity index (χ4n) is 6.83. The van der Waals surface area contributed by atoms with Crippen molar-refractivity contribution in [1.29, 1.82) is 0 Å². The lowest BCUT2D eigenvalue weighted by atomic mass is 9.99. The van der Waals surface area contributed by atoms with Crippen LogP contribution in [0, 0.1) is 0 Å². The summed E-state index contributed by atoms with van der Waals surface area (Å²) in [6.07, 6.45) is 10.00. The third-order valence-corrected chi connectivity index (χ3v) is 9.93. The van der Waals surface area contributed by atoms with Gasteiger partial charge in [-0.3, -0.25) is 9.78 Å². The van der Waals surface area contributed by atoms with E-state index in [4.69, 9.17) is 37.9 Å². The van der Waals surface area contributed by atoms with E-state index in [1.54, 1.807) is 24.8 Å². The number of aromatic amines is 1. The number of imidazole rings is 1. The Hall–Kier alpha value is -5.71. The molecular weight excluding hydrogens is 695 g/mol. The van der Waals surface area contributed by atoms with E-state index in [9.17, 15) is 4.79 Å². The number of pyridine rings is 1. The molecule has 1 aliphatic heterocycles. The summed E-state index contributed by atoms with van der Waals surface area (Å²) in [5, 5.41) is 5.26. The largest absolute Gasteiger partial charge is 0.473 e. The summed E-state index contributed by atoms with van der Waals surface area (Å²) in [4.78, 5) is 38.2. The van der Waals surface area contributed by atoms with Crippen molar-refractivity contribution in [2.75, 3.05) is 23.3 Å². The molecule has 4 aromatic heterocycles. The fourth-order valence-corrected chi connectivity index (χ4v) is 7.13. The molecule has 0 bridgehead atoms. The predicted molar refractivity (Wildman–Crippen MR) is 205 cm³/mol. The molecule has 2 N–H and O–H groups in total. The van der Waals surface area contributed by atoms with E-state index in [0.29, 0.717) is 51.8 Å². The van der Waals surface area contributed by atoms with Crippen LogP contribution in [0.25, 0.3) is 33.4 Å². The maximum absolute atomic E-state index is 14.6. The van der Waals surface area contributed by atoms with Crippen LogP contribution < -0.4 is 15.0 Å². The quantitative estimate of drug-likeness (QED) is 0.152. The summed E-state index contributed by atoms with van der Waals surface area (Å²) < 4.78 is 8.18. The maximum atomic E-state index is 14.6. The van der Waals surface area contributed by atoms with Crippen LogP contribution in [-0.4, -0.2) is 54.6 Å². The zero-order valence-electron chi connectivity index (χ0n) is 28.2. The van der Waals surface area contributed by atoms with Gasteiger partial charge in [0.1, 0.15) is 11.8 Å². The minimum atomic E-state index is -0.316. The number of amides is 1. The SMILES string of the molecule is C[C@@H](c1ccc(Cl)cc1)n1cnc(-c2ccccc2)c1-c1c(C(=O)Nc2cccnc2N2CCC(Oc3cnccn3)CC2)[nH]c2cc(Cl)ccc12. The molecule has 0 unspecified atom stereocenters. The Morgan fingerprint density at radius 1 is 0.904 bits per heavy atom. The smallest absolute Gasteiger partial charge is 0.272 e. The Labute approximate surface area is 310 Å². The molecule has 1 atom stereocenters. The number of rotatable bonds is 9. The van der Waals surface area contributed by atoms with Gasteiger partial charge in [-0.1, -0.05) is 71.7 Å². The first-order valence-corrected chi connectivity index (χ1v) is 17.8. The second-order valence-electron chi connectivity index (χ2n) is 12.7. The van der Waals surface area contributed by atoms with E-state index < -0.39 is 0 Å². The van der Waals surface area contributed by atoms with E-state index >= 15 is 0 Å². The number of hydrogen-bond acceptors (Lipinski definition) is 7. The molecule has 10 nitrogen and oxygen atoms in total. The minimum absolute atomic E-state index is 0.00867. The highest BCUT2D eigenvalue weighted by molar-refractivity contribution is 6.31. The number of ether oxygens (including phenoxy) is 1. The normalized spacial score (nSPS) is 14.0. The summed E-state index contributed by atoms with van der Waals surface area (Å²) in [5.74, 6) is 0.894. The summed E-state index contributed by atoms with van der Waals surface area (Å²) >= 11 is 12.8. The van der Waals surface area contributed by atoms with Crippen LogP contribution in [0.15, 0.2) is 116 Å². The summed E-state index contributed by atoms with van der Waals surface area (Å²) in [7, 11) is 0. The third-order valence-electron chi connectivity index (χ3n) is 9.44. The van der Waals surface area contributed by atoms with E-state index in [-0.39, 0.29) is 18.1 Å². The van der Waals surface area contributed by atoms with Gasteiger partial charge in [0, 0.05) is 76.6 Å². The minimum Gasteiger partial charge on any atom is -0.473 e. The van der Waals surface area contributed by atoms with Gasteiger partial charge in [0.25, 0.3) is 5.91 Å². The molecule has 0 radical (unpaired) electrons. The molecule has 260 valence electrons. The van der Waals surface area contributed by atoms with Crippen LogP contribution in [0.3, 0.4) is 0 Å². The molecule has 12 heteroatoms. The molecule has 7 aromatic rings. The second-order valence-corrected chi connectivity index (χ2v) is 13.6.